The van der Waals surface area contributed by atoms with Gasteiger partial charge in [-0.15, -0.1) is 0 Å². The summed E-state index contributed by atoms with van der Waals surface area (Å²) in [5, 5.41) is 12.7. The number of hydrogen-bond acceptors (Lipinski definition) is 4. The minimum absolute atomic E-state index is 0.126. The lowest BCUT2D eigenvalue weighted by Gasteiger charge is -2.15. The van der Waals surface area contributed by atoms with Gasteiger partial charge in [-0.2, -0.15) is 0 Å². The quantitative estimate of drug-likeness (QED) is 0.890. The third kappa shape index (κ3) is 4.07. The number of carbonyl (C=O) groups is 1. The summed E-state index contributed by atoms with van der Waals surface area (Å²) in [6.45, 7) is 0.423. The van der Waals surface area contributed by atoms with Crippen LogP contribution in [0.25, 0.3) is 0 Å². The molecule has 0 spiro atoms. The van der Waals surface area contributed by atoms with E-state index in [4.69, 9.17) is 4.74 Å². The number of rotatable bonds is 5. The number of carbonyl (C=O) groups excluding carboxylic acids is 1. The molecule has 2 N–H and O–H groups in total. The van der Waals surface area contributed by atoms with E-state index in [0.717, 1.165) is 18.4 Å². The van der Waals surface area contributed by atoms with Gasteiger partial charge in [0.2, 0.25) is 5.91 Å². The van der Waals surface area contributed by atoms with Gasteiger partial charge in [0.1, 0.15) is 12.4 Å². The van der Waals surface area contributed by atoms with Crippen LogP contribution in [0.1, 0.15) is 24.8 Å². The lowest BCUT2D eigenvalue weighted by molar-refractivity contribution is -0.122. The van der Waals surface area contributed by atoms with E-state index >= 15 is 0 Å². The van der Waals surface area contributed by atoms with Gasteiger partial charge in [-0.05, 0) is 37.5 Å². The van der Waals surface area contributed by atoms with Gasteiger partial charge < -0.3 is 15.2 Å². The zero-order valence-electron chi connectivity index (χ0n) is 12.8. The van der Waals surface area contributed by atoms with Crippen molar-refractivity contribution in [1.29, 1.82) is 0 Å². The molecule has 0 unspecified atom stereocenters. The SMILES string of the molecule is O=C(Nc1cccc(OCc2cccnc2)c1)[C@H]1CCC[C@H]1O. The highest BCUT2D eigenvalue weighted by atomic mass is 16.5. The third-order valence-electron chi connectivity index (χ3n) is 4.05. The Morgan fingerprint density at radius 1 is 1.30 bits per heavy atom. The van der Waals surface area contributed by atoms with Gasteiger partial charge >= 0.3 is 0 Å². The molecule has 0 aliphatic heterocycles. The van der Waals surface area contributed by atoms with Gasteiger partial charge in [-0.3, -0.25) is 9.78 Å². The van der Waals surface area contributed by atoms with Crippen LogP contribution >= 0.6 is 0 Å². The van der Waals surface area contributed by atoms with Gasteiger partial charge in [-0.25, -0.2) is 0 Å². The summed E-state index contributed by atoms with van der Waals surface area (Å²) < 4.78 is 5.72. The van der Waals surface area contributed by atoms with Crippen LogP contribution < -0.4 is 10.1 Å². The monoisotopic (exact) mass is 312 g/mol. The molecule has 5 heteroatoms. The minimum atomic E-state index is -0.528. The van der Waals surface area contributed by atoms with Crippen LogP contribution in [-0.2, 0) is 11.4 Å². The van der Waals surface area contributed by atoms with Crippen LogP contribution in [0.15, 0.2) is 48.8 Å². The number of nitrogens with one attached hydrogen (secondary N) is 1. The zero-order chi connectivity index (χ0) is 16.1. The molecule has 1 saturated carbocycles. The van der Waals surface area contributed by atoms with E-state index < -0.39 is 6.10 Å². The number of anilines is 1. The molecule has 0 bridgehead atoms. The first-order valence-electron chi connectivity index (χ1n) is 7.83. The van der Waals surface area contributed by atoms with Crippen LogP contribution in [0, 0.1) is 5.92 Å². The van der Waals surface area contributed by atoms with Crippen molar-refractivity contribution in [2.24, 2.45) is 5.92 Å². The van der Waals surface area contributed by atoms with Crippen molar-refractivity contribution < 1.29 is 14.6 Å². The lowest BCUT2D eigenvalue weighted by Crippen LogP contribution is -2.28. The van der Waals surface area contributed by atoms with Crippen LogP contribution in [0.4, 0.5) is 5.69 Å². The molecule has 0 saturated heterocycles. The lowest BCUT2D eigenvalue weighted by atomic mass is 10.1. The first-order valence-corrected chi connectivity index (χ1v) is 7.83. The van der Waals surface area contributed by atoms with E-state index in [1.165, 1.54) is 0 Å². The van der Waals surface area contributed by atoms with Crippen molar-refractivity contribution in [1.82, 2.24) is 4.98 Å². The predicted octanol–water partition coefficient (Wildman–Crippen LogP) is 2.76. The van der Waals surface area contributed by atoms with Crippen molar-refractivity contribution in [3.63, 3.8) is 0 Å². The zero-order valence-corrected chi connectivity index (χ0v) is 12.8. The fraction of sp³-hybridized carbons (Fsp3) is 0.333. The van der Waals surface area contributed by atoms with Crippen molar-refractivity contribution in [2.45, 2.75) is 32.0 Å². The standard InChI is InChI=1S/C18H20N2O3/c21-17-8-2-7-16(17)18(22)20-14-5-1-6-15(10-14)23-12-13-4-3-9-19-11-13/h1,3-6,9-11,16-17,21H,2,7-8,12H2,(H,20,22)/t16-,17+/m0/s1. The Kier molecular flexibility index (Phi) is 4.88. The van der Waals surface area contributed by atoms with Gasteiger partial charge in [0.05, 0.1) is 12.0 Å². The minimum Gasteiger partial charge on any atom is -0.489 e. The van der Waals surface area contributed by atoms with Gasteiger partial charge in [0.15, 0.2) is 0 Å². The third-order valence-corrected chi connectivity index (χ3v) is 4.05. The molecule has 2 atom stereocenters. The molecule has 3 rings (SSSR count). The average Bonchev–Trinajstić information content (AvgIpc) is 3.00. The maximum Gasteiger partial charge on any atom is 0.230 e. The molecule has 23 heavy (non-hydrogen) atoms. The van der Waals surface area contributed by atoms with E-state index in [0.29, 0.717) is 24.5 Å². The summed E-state index contributed by atoms with van der Waals surface area (Å²) in [7, 11) is 0. The van der Waals surface area contributed by atoms with Crippen LogP contribution in [-0.4, -0.2) is 22.1 Å². The van der Waals surface area contributed by atoms with Crippen LogP contribution in [0.5, 0.6) is 5.75 Å². The molecule has 1 aromatic carbocycles. The average molecular weight is 312 g/mol. The highest BCUT2D eigenvalue weighted by Gasteiger charge is 2.31. The maximum atomic E-state index is 12.2. The largest absolute Gasteiger partial charge is 0.489 e. The Balaban J connectivity index is 1.60. The van der Waals surface area contributed by atoms with Gasteiger partial charge in [0.25, 0.3) is 0 Å². The van der Waals surface area contributed by atoms with Crippen molar-refractivity contribution in [3.8, 4) is 5.75 Å². The number of aliphatic hydroxyl groups excluding tert-OH is 1. The second-order valence-electron chi connectivity index (χ2n) is 5.77. The topological polar surface area (TPSA) is 71.5 Å². The van der Waals surface area contributed by atoms with Crippen LogP contribution in [0.3, 0.4) is 0 Å². The Morgan fingerprint density at radius 3 is 2.96 bits per heavy atom. The summed E-state index contributed by atoms with van der Waals surface area (Å²) in [5.41, 5.74) is 1.66. The number of aromatic nitrogens is 1. The van der Waals surface area contributed by atoms with E-state index in [2.05, 4.69) is 10.3 Å². The van der Waals surface area contributed by atoms with Gasteiger partial charge in [0, 0.05) is 29.7 Å². The molecular formula is C18H20N2O3. The fourth-order valence-corrected chi connectivity index (χ4v) is 2.80. The summed E-state index contributed by atoms with van der Waals surface area (Å²) in [4.78, 5) is 16.2. The maximum absolute atomic E-state index is 12.2. The second kappa shape index (κ2) is 7.24. The highest BCUT2D eigenvalue weighted by molar-refractivity contribution is 5.93. The molecule has 120 valence electrons. The summed E-state index contributed by atoms with van der Waals surface area (Å²) in [6.07, 6.45) is 5.29. The Morgan fingerprint density at radius 2 is 2.22 bits per heavy atom. The first kappa shape index (κ1) is 15.5. The molecule has 1 aliphatic carbocycles. The van der Waals surface area contributed by atoms with Gasteiger partial charge in [-0.1, -0.05) is 12.1 Å². The molecular weight excluding hydrogens is 292 g/mol. The van der Waals surface area contributed by atoms with Crippen molar-refractivity contribution in [2.75, 3.05) is 5.32 Å². The smallest absolute Gasteiger partial charge is 0.230 e. The number of pyridine rings is 1. The number of aliphatic hydroxyl groups is 1. The Hall–Kier alpha value is -2.40. The molecule has 1 amide bonds. The van der Waals surface area contributed by atoms with E-state index in [9.17, 15) is 9.90 Å². The number of benzene rings is 1. The van der Waals surface area contributed by atoms with E-state index in [1.807, 2.05) is 30.3 Å². The fourth-order valence-electron chi connectivity index (χ4n) is 2.80. The van der Waals surface area contributed by atoms with Crippen LogP contribution in [0.2, 0.25) is 0 Å². The number of hydrogen-bond donors (Lipinski definition) is 2. The molecule has 2 aromatic rings. The van der Waals surface area contributed by atoms with Crippen molar-refractivity contribution >= 4 is 11.6 Å². The predicted molar refractivity (Wildman–Crippen MR) is 87.0 cm³/mol. The summed E-state index contributed by atoms with van der Waals surface area (Å²) >= 11 is 0. The van der Waals surface area contributed by atoms with Crippen molar-refractivity contribution in [3.05, 3.63) is 54.4 Å². The number of ether oxygens (including phenoxy) is 1. The second-order valence-corrected chi connectivity index (χ2v) is 5.77. The molecule has 0 radical (unpaired) electrons. The molecule has 1 aromatic heterocycles. The molecule has 5 nitrogen and oxygen atoms in total. The molecule has 1 heterocycles. The molecule has 1 aliphatic rings. The summed E-state index contributed by atoms with van der Waals surface area (Å²) in [6, 6.07) is 11.1. The Bertz CT molecular complexity index is 660. The first-order chi connectivity index (χ1) is 11.2. The molecule has 1 fully saturated rings. The Labute approximate surface area is 135 Å². The van der Waals surface area contributed by atoms with E-state index in [-0.39, 0.29) is 11.8 Å². The number of amides is 1. The summed E-state index contributed by atoms with van der Waals surface area (Å²) in [5.74, 6) is 0.244. The number of nitrogens with zero attached hydrogens (tertiary/aromatic N) is 1. The van der Waals surface area contributed by atoms with E-state index in [1.54, 1.807) is 18.5 Å². The normalized spacial score (nSPS) is 20.2. The highest BCUT2D eigenvalue weighted by Crippen LogP contribution is 2.27.